The molecule has 86 heavy (non-hydrogen) atoms. The van der Waals surface area contributed by atoms with E-state index in [4.69, 9.17) is 0 Å². The van der Waals surface area contributed by atoms with Crippen LogP contribution in [0.4, 0.5) is 0 Å². The SMILES string of the molecule is CCCCCC1=C(c2ccc(CCCC)cc2)[N+](=[N-])C(c2cccc(CCCC)c2)=C1.CCCCCCCCCCCCCCCCCCCCCCCCCC[CH2][Pd][CH2]CCCCCCCCCCCCCCCCCCCCCCCCCC. The molecule has 0 unspecified atom stereocenters. The fourth-order valence-electron chi connectivity index (χ4n) is 13.0. The average molecular weight is 1280 g/mol. The van der Waals surface area contributed by atoms with Crippen molar-refractivity contribution < 1.29 is 22.7 Å². The summed E-state index contributed by atoms with van der Waals surface area (Å²) in [5.41, 5.74) is 19.3. The van der Waals surface area contributed by atoms with Gasteiger partial charge in [0.05, 0.1) is 0 Å². The van der Waals surface area contributed by atoms with E-state index in [2.05, 4.69) is 89.2 Å². The Labute approximate surface area is 548 Å². The molecular weight excluding hydrogens is 1130 g/mol. The molecule has 3 rings (SSSR count). The summed E-state index contributed by atoms with van der Waals surface area (Å²) in [6.07, 6.45) is 88.3. The van der Waals surface area contributed by atoms with Crippen molar-refractivity contribution in [1.82, 2.24) is 0 Å². The molecule has 2 aromatic carbocycles. The van der Waals surface area contributed by atoms with E-state index in [0.29, 0.717) is 0 Å². The molecule has 3 heteroatoms. The molecule has 0 radical (unpaired) electrons. The van der Waals surface area contributed by atoms with Crippen LogP contribution >= 0.6 is 0 Å². The Hall–Kier alpha value is -1.82. The number of hydrogen-bond donors (Lipinski definition) is 0. The molecule has 0 aliphatic carbocycles. The Morgan fingerprint density at radius 3 is 0.895 bits per heavy atom. The molecule has 0 saturated heterocycles. The first-order chi connectivity index (χ1) is 42.6. The second kappa shape index (κ2) is 63.3. The van der Waals surface area contributed by atoms with Gasteiger partial charge >= 0.3 is 169 Å². The van der Waals surface area contributed by atoms with Crippen LogP contribution in [0, 0.1) is 0 Å². The number of benzene rings is 2. The molecule has 0 spiro atoms. The smallest absolute Gasteiger partial charge is 0.0654 e. The van der Waals surface area contributed by atoms with E-state index in [1.165, 1.54) is 381 Å². The van der Waals surface area contributed by atoms with Gasteiger partial charge in [0.15, 0.2) is 0 Å². The Morgan fingerprint density at radius 1 is 0.279 bits per heavy atom. The Morgan fingerprint density at radius 2 is 0.570 bits per heavy atom. The minimum atomic E-state index is 0.898. The van der Waals surface area contributed by atoms with Crippen LogP contribution in [0.3, 0.4) is 0 Å². The zero-order valence-corrected chi connectivity index (χ0v) is 60.3. The van der Waals surface area contributed by atoms with Gasteiger partial charge in [-0.15, -0.1) is 0 Å². The van der Waals surface area contributed by atoms with Crippen molar-refractivity contribution >= 4 is 11.4 Å². The Bertz CT molecular complexity index is 1750. The van der Waals surface area contributed by atoms with Gasteiger partial charge in [-0.3, -0.25) is 0 Å². The van der Waals surface area contributed by atoms with E-state index in [1.807, 2.05) is 0 Å². The van der Waals surface area contributed by atoms with Crippen LogP contribution in [0.25, 0.3) is 16.9 Å². The molecule has 1 aliphatic rings. The van der Waals surface area contributed by atoms with Crippen molar-refractivity contribution in [2.24, 2.45) is 0 Å². The normalized spacial score (nSPS) is 12.5. The third-order valence-corrected chi connectivity index (χ3v) is 21.0. The number of hydrogen-bond acceptors (Lipinski definition) is 0. The van der Waals surface area contributed by atoms with Crippen LogP contribution in [0.1, 0.15) is 429 Å². The molecular formula is C83H148N2Pd. The summed E-state index contributed by atoms with van der Waals surface area (Å²) in [5, 5.41) is 0. The summed E-state index contributed by atoms with van der Waals surface area (Å²) in [4.78, 5) is 3.10. The fourth-order valence-corrected chi connectivity index (χ4v) is 14.9. The van der Waals surface area contributed by atoms with Gasteiger partial charge in [-0.1, -0.05) is 264 Å². The number of allylic oxidation sites excluding steroid dienone is 2. The topological polar surface area (TPSA) is 25.3 Å². The van der Waals surface area contributed by atoms with Crippen molar-refractivity contribution in [2.75, 3.05) is 0 Å². The predicted octanol–water partition coefficient (Wildman–Crippen LogP) is 30.2. The first-order valence-electron chi connectivity index (χ1n) is 39.2. The van der Waals surface area contributed by atoms with Crippen LogP contribution in [0.2, 0.25) is 9.79 Å². The van der Waals surface area contributed by atoms with Crippen molar-refractivity contribution in [1.29, 1.82) is 0 Å². The molecule has 2 nitrogen and oxygen atoms in total. The Kier molecular flexibility index (Phi) is 59.1. The van der Waals surface area contributed by atoms with Crippen molar-refractivity contribution in [3.05, 3.63) is 88.0 Å². The number of aryl methyl sites for hydroxylation is 2. The summed E-state index contributed by atoms with van der Waals surface area (Å²) in [6, 6.07) is 17.5. The number of nitrogens with zero attached hydrogens (tertiary/aromatic N) is 2. The fraction of sp³-hybridized carbons (Fsp3) is 0.807. The van der Waals surface area contributed by atoms with Crippen LogP contribution in [-0.4, -0.2) is 4.70 Å². The third kappa shape index (κ3) is 47.1. The van der Waals surface area contributed by atoms with Gasteiger partial charge in [-0.2, -0.15) is 0 Å². The summed E-state index contributed by atoms with van der Waals surface area (Å²) in [5.74, 6) is 0. The van der Waals surface area contributed by atoms with Gasteiger partial charge in [0, 0.05) is 22.8 Å². The van der Waals surface area contributed by atoms with Crippen molar-refractivity contribution in [3.8, 4) is 0 Å². The predicted molar refractivity (Wildman–Crippen MR) is 385 cm³/mol. The van der Waals surface area contributed by atoms with Crippen LogP contribution in [0.15, 0.2) is 60.2 Å². The standard InChI is InChI=1S/C29H38N2.2C27H55.Pd/c1-4-7-10-15-27-22-28(26-16-11-14-24(21-26)13-9-6-3)31(30)29(27)25-19-17-23(18-20-25)12-8-5-2;2*1-3-5-7-9-11-13-15-17-19-21-23-25-27-26-24-22-20-18-16-14-12-10-8-6-4-2;/h11,14,16-22H,4-10,12-13,15H2,1-3H3;2*1,3-27H2,2H3;. The van der Waals surface area contributed by atoms with Crippen LogP contribution < -0.4 is 0 Å². The van der Waals surface area contributed by atoms with E-state index in [-0.39, 0.29) is 0 Å². The summed E-state index contributed by atoms with van der Waals surface area (Å²) in [6.45, 7) is 11.3. The van der Waals surface area contributed by atoms with Gasteiger partial charge in [0.25, 0.3) is 0 Å². The summed E-state index contributed by atoms with van der Waals surface area (Å²) >= 11 is 1.05. The van der Waals surface area contributed by atoms with E-state index < -0.39 is 0 Å². The van der Waals surface area contributed by atoms with E-state index in [9.17, 15) is 5.53 Å². The average Bonchev–Trinajstić information content (AvgIpc) is 1.82. The van der Waals surface area contributed by atoms with Crippen LogP contribution in [-0.2, 0) is 30.8 Å². The van der Waals surface area contributed by atoms with Crippen LogP contribution in [0.5, 0.6) is 0 Å². The van der Waals surface area contributed by atoms with E-state index in [1.54, 1.807) is 9.79 Å². The molecule has 0 atom stereocenters. The molecule has 0 N–H and O–H groups in total. The molecule has 1 heterocycles. The second-order valence-corrected chi connectivity index (χ2v) is 29.6. The monoisotopic (exact) mass is 1280 g/mol. The minimum Gasteiger partial charge on any atom is -0.0654 e. The van der Waals surface area contributed by atoms with Gasteiger partial charge in [0.1, 0.15) is 0 Å². The minimum absolute atomic E-state index is 0.898. The molecule has 0 aromatic heterocycles. The molecule has 500 valence electrons. The number of unbranched alkanes of at least 4 members (excludes halogenated alkanes) is 52. The molecule has 1 aliphatic heterocycles. The number of rotatable bonds is 64. The second-order valence-electron chi connectivity index (χ2n) is 27.2. The van der Waals surface area contributed by atoms with Gasteiger partial charge < -0.3 is 5.53 Å². The van der Waals surface area contributed by atoms with E-state index >= 15 is 0 Å². The molecule has 0 bridgehead atoms. The van der Waals surface area contributed by atoms with E-state index in [0.717, 1.165) is 66.2 Å². The first kappa shape index (κ1) is 80.3. The molecule has 0 fully saturated rings. The summed E-state index contributed by atoms with van der Waals surface area (Å²) < 4.78 is 1.43. The third-order valence-electron chi connectivity index (χ3n) is 18.8. The van der Waals surface area contributed by atoms with Gasteiger partial charge in [-0.25, -0.2) is 4.70 Å². The van der Waals surface area contributed by atoms with Crippen molar-refractivity contribution in [3.63, 3.8) is 0 Å². The first-order valence-corrected chi connectivity index (χ1v) is 41.4. The molecule has 2 aromatic rings. The quantitative estimate of drug-likeness (QED) is 0.0358. The molecule has 0 saturated carbocycles. The van der Waals surface area contributed by atoms with Gasteiger partial charge in [0.2, 0.25) is 11.4 Å². The summed E-state index contributed by atoms with van der Waals surface area (Å²) in [7, 11) is 0. The molecule has 0 amide bonds. The van der Waals surface area contributed by atoms with Crippen molar-refractivity contribution in [2.45, 2.75) is 430 Å². The zero-order chi connectivity index (χ0) is 61.5. The Balaban J connectivity index is 0.000000679. The zero-order valence-electron chi connectivity index (χ0n) is 58.7. The maximum atomic E-state index is 11.3. The maximum absolute atomic E-state index is 11.3. The van der Waals surface area contributed by atoms with Gasteiger partial charge in [-0.05, 0) is 73.9 Å².